The summed E-state index contributed by atoms with van der Waals surface area (Å²) in [7, 11) is 0. The lowest BCUT2D eigenvalue weighted by molar-refractivity contribution is 0.177. The predicted molar refractivity (Wildman–Crippen MR) is 36.0 cm³/mol. The maximum atomic E-state index is 8.89. The van der Waals surface area contributed by atoms with Gasteiger partial charge in [0.05, 0.1) is 0 Å². The Morgan fingerprint density at radius 3 is 2.44 bits per heavy atom. The van der Waals surface area contributed by atoms with E-state index in [0.717, 1.165) is 11.8 Å². The van der Waals surface area contributed by atoms with Gasteiger partial charge < -0.3 is 5.11 Å². The molecule has 0 aromatic carbocycles. The Bertz CT molecular complexity index is 111. The molecule has 2 aliphatic carbocycles. The summed E-state index contributed by atoms with van der Waals surface area (Å²) in [6.45, 7) is 0.446. The topological polar surface area (TPSA) is 20.2 Å². The van der Waals surface area contributed by atoms with E-state index in [9.17, 15) is 0 Å². The third-order valence-electron chi connectivity index (χ3n) is 3.12. The van der Waals surface area contributed by atoms with Gasteiger partial charge in [-0.25, -0.2) is 0 Å². The number of fused-ring (bicyclic) bond motifs is 2. The van der Waals surface area contributed by atoms with Crippen molar-refractivity contribution >= 4 is 0 Å². The molecule has 1 unspecified atom stereocenters. The molecule has 2 bridgehead atoms. The molecule has 1 N–H and O–H groups in total. The van der Waals surface area contributed by atoms with Crippen molar-refractivity contribution in [3.63, 3.8) is 0 Å². The Labute approximate surface area is 56.1 Å². The van der Waals surface area contributed by atoms with Crippen molar-refractivity contribution in [3.8, 4) is 0 Å². The van der Waals surface area contributed by atoms with Crippen LogP contribution in [-0.4, -0.2) is 11.7 Å². The fourth-order valence-corrected chi connectivity index (χ4v) is 2.60. The van der Waals surface area contributed by atoms with Crippen molar-refractivity contribution in [2.75, 3.05) is 6.61 Å². The molecule has 9 heavy (non-hydrogen) atoms. The van der Waals surface area contributed by atoms with E-state index in [1.54, 1.807) is 0 Å². The molecule has 1 heteroatoms. The lowest BCUT2D eigenvalue weighted by Gasteiger charge is -2.18. The van der Waals surface area contributed by atoms with E-state index in [1.165, 1.54) is 25.7 Å². The number of aliphatic hydroxyl groups excluding tert-OH is 1. The van der Waals surface area contributed by atoms with Gasteiger partial charge in [-0.2, -0.15) is 0 Å². The molecule has 2 aliphatic rings. The number of hydrogen-bond donors (Lipinski definition) is 1. The van der Waals surface area contributed by atoms with E-state index in [-0.39, 0.29) is 0 Å². The summed E-state index contributed by atoms with van der Waals surface area (Å²) in [6, 6.07) is 0. The highest BCUT2D eigenvalue weighted by Gasteiger charge is 2.38. The van der Waals surface area contributed by atoms with Gasteiger partial charge in [0.1, 0.15) is 0 Å². The Kier molecular flexibility index (Phi) is 1.26. The summed E-state index contributed by atoms with van der Waals surface area (Å²) >= 11 is 0. The van der Waals surface area contributed by atoms with Crippen LogP contribution in [0.1, 0.15) is 25.7 Å². The van der Waals surface area contributed by atoms with Crippen molar-refractivity contribution < 1.29 is 5.11 Å². The average Bonchev–Trinajstić information content (AvgIpc) is 2.45. The number of aliphatic hydroxyl groups is 1. The highest BCUT2D eigenvalue weighted by atomic mass is 16.3. The highest BCUT2D eigenvalue weighted by Crippen LogP contribution is 2.47. The monoisotopic (exact) mass is 126 g/mol. The second-order valence-electron chi connectivity index (χ2n) is 3.62. The van der Waals surface area contributed by atoms with Crippen molar-refractivity contribution in [3.05, 3.63) is 0 Å². The SMILES string of the molecule is OCC1C[C@H]2CC[C@@H]1C2. The molecule has 0 radical (unpaired) electrons. The number of hydrogen-bond acceptors (Lipinski definition) is 1. The van der Waals surface area contributed by atoms with Crippen LogP contribution in [0.15, 0.2) is 0 Å². The molecule has 3 atom stereocenters. The van der Waals surface area contributed by atoms with Gasteiger partial charge in [0, 0.05) is 6.61 Å². The smallest absolute Gasteiger partial charge is 0.0462 e. The van der Waals surface area contributed by atoms with Gasteiger partial charge in [0.2, 0.25) is 0 Å². The maximum Gasteiger partial charge on any atom is 0.0462 e. The average molecular weight is 126 g/mol. The van der Waals surface area contributed by atoms with E-state index >= 15 is 0 Å². The summed E-state index contributed by atoms with van der Waals surface area (Å²) in [5.74, 6) is 2.58. The minimum Gasteiger partial charge on any atom is -0.396 e. The van der Waals surface area contributed by atoms with Crippen molar-refractivity contribution in [2.24, 2.45) is 17.8 Å². The first kappa shape index (κ1) is 5.72. The van der Waals surface area contributed by atoms with Gasteiger partial charge in [-0.1, -0.05) is 6.42 Å². The molecule has 0 spiro atoms. The van der Waals surface area contributed by atoms with E-state index in [4.69, 9.17) is 5.11 Å². The van der Waals surface area contributed by atoms with Crippen molar-refractivity contribution in [2.45, 2.75) is 25.7 Å². The zero-order valence-electron chi connectivity index (χ0n) is 5.71. The fourth-order valence-electron chi connectivity index (χ4n) is 2.60. The van der Waals surface area contributed by atoms with E-state index in [1.807, 2.05) is 0 Å². The van der Waals surface area contributed by atoms with E-state index < -0.39 is 0 Å². The van der Waals surface area contributed by atoms with Crippen LogP contribution >= 0.6 is 0 Å². The molecule has 0 aliphatic heterocycles. The first-order chi connectivity index (χ1) is 4.40. The fraction of sp³-hybridized carbons (Fsp3) is 1.00. The summed E-state index contributed by atoms with van der Waals surface area (Å²) in [4.78, 5) is 0. The van der Waals surface area contributed by atoms with Crippen molar-refractivity contribution in [1.82, 2.24) is 0 Å². The molecule has 2 fully saturated rings. The van der Waals surface area contributed by atoms with Crippen LogP contribution < -0.4 is 0 Å². The third-order valence-corrected chi connectivity index (χ3v) is 3.12. The largest absolute Gasteiger partial charge is 0.396 e. The van der Waals surface area contributed by atoms with Gasteiger partial charge in [-0.05, 0) is 37.0 Å². The predicted octanol–water partition coefficient (Wildman–Crippen LogP) is 1.41. The Hall–Kier alpha value is -0.0400. The zero-order chi connectivity index (χ0) is 6.27. The normalized spacial score (nSPS) is 48.3. The van der Waals surface area contributed by atoms with E-state index in [2.05, 4.69) is 0 Å². The summed E-state index contributed by atoms with van der Waals surface area (Å²) in [6.07, 6.45) is 5.59. The van der Waals surface area contributed by atoms with Gasteiger partial charge >= 0.3 is 0 Å². The van der Waals surface area contributed by atoms with Crippen LogP contribution in [-0.2, 0) is 0 Å². The summed E-state index contributed by atoms with van der Waals surface area (Å²) < 4.78 is 0. The minimum absolute atomic E-state index is 0.446. The molecular weight excluding hydrogens is 112 g/mol. The first-order valence-electron chi connectivity index (χ1n) is 4.01. The molecule has 1 nitrogen and oxygen atoms in total. The molecular formula is C8H14O. The van der Waals surface area contributed by atoms with Crippen LogP contribution in [0.25, 0.3) is 0 Å². The molecule has 2 saturated carbocycles. The van der Waals surface area contributed by atoms with Crippen LogP contribution in [0.4, 0.5) is 0 Å². The van der Waals surface area contributed by atoms with E-state index in [0.29, 0.717) is 12.5 Å². The summed E-state index contributed by atoms with van der Waals surface area (Å²) in [5.41, 5.74) is 0. The Morgan fingerprint density at radius 2 is 2.11 bits per heavy atom. The number of rotatable bonds is 1. The summed E-state index contributed by atoms with van der Waals surface area (Å²) in [5, 5.41) is 8.89. The second-order valence-corrected chi connectivity index (χ2v) is 3.62. The second kappa shape index (κ2) is 1.98. The third kappa shape index (κ3) is 0.787. The first-order valence-corrected chi connectivity index (χ1v) is 4.01. The molecule has 0 aromatic rings. The minimum atomic E-state index is 0.446. The van der Waals surface area contributed by atoms with Gasteiger partial charge in [0.25, 0.3) is 0 Å². The van der Waals surface area contributed by atoms with Crippen LogP contribution in [0, 0.1) is 17.8 Å². The molecule has 2 rings (SSSR count). The highest BCUT2D eigenvalue weighted by molar-refractivity contribution is 4.89. The standard InChI is InChI=1S/C8H14O/c9-5-8-4-6-1-2-7(8)3-6/h6-9H,1-5H2/t6-,7+,8?/m0/s1. The Balaban J connectivity index is 2.01. The van der Waals surface area contributed by atoms with Gasteiger partial charge in [0.15, 0.2) is 0 Å². The molecule has 0 heterocycles. The van der Waals surface area contributed by atoms with Gasteiger partial charge in [-0.15, -0.1) is 0 Å². The molecule has 0 saturated heterocycles. The molecule has 0 aromatic heterocycles. The Morgan fingerprint density at radius 1 is 1.22 bits per heavy atom. The molecule has 52 valence electrons. The van der Waals surface area contributed by atoms with Crippen molar-refractivity contribution in [1.29, 1.82) is 0 Å². The zero-order valence-corrected chi connectivity index (χ0v) is 5.71. The van der Waals surface area contributed by atoms with Crippen LogP contribution in [0.2, 0.25) is 0 Å². The lowest BCUT2D eigenvalue weighted by atomic mass is 9.90. The lowest BCUT2D eigenvalue weighted by Crippen LogP contribution is -2.13. The molecule has 0 amide bonds. The van der Waals surface area contributed by atoms with Crippen LogP contribution in [0.5, 0.6) is 0 Å². The van der Waals surface area contributed by atoms with Crippen LogP contribution in [0.3, 0.4) is 0 Å². The quantitative estimate of drug-likeness (QED) is 0.563. The maximum absolute atomic E-state index is 8.89. The van der Waals surface area contributed by atoms with Gasteiger partial charge in [-0.3, -0.25) is 0 Å².